The van der Waals surface area contributed by atoms with Gasteiger partial charge in [0.05, 0.1) is 0 Å². The van der Waals surface area contributed by atoms with Crippen molar-refractivity contribution in [2.24, 2.45) is 5.41 Å². The second-order valence-corrected chi connectivity index (χ2v) is 17.9. The summed E-state index contributed by atoms with van der Waals surface area (Å²) in [6, 6.07) is 0. The van der Waals surface area contributed by atoms with Crippen LogP contribution in [0.2, 0.25) is 0 Å². The maximum absolute atomic E-state index is 14.7. The van der Waals surface area contributed by atoms with E-state index in [1.807, 2.05) is 0 Å². The van der Waals surface area contributed by atoms with Gasteiger partial charge in [0.25, 0.3) is 57.9 Å². The number of ether oxygens (including phenoxy) is 20. The van der Waals surface area contributed by atoms with Crippen molar-refractivity contribution < 1.29 is 105 Å². The zero-order valence-corrected chi connectivity index (χ0v) is 51.7. The molecule has 0 aliphatic heterocycles. The van der Waals surface area contributed by atoms with E-state index in [0.717, 1.165) is 0 Å². The molecule has 2 rings (SSSR count). The summed E-state index contributed by atoms with van der Waals surface area (Å²) in [5, 5.41) is 29.4. The van der Waals surface area contributed by atoms with Crippen LogP contribution in [0, 0.1) is 5.41 Å². The normalized spacial score (nSPS) is 27.7. The van der Waals surface area contributed by atoms with Gasteiger partial charge in [-0.25, -0.2) is 0 Å². The fourth-order valence-corrected chi connectivity index (χ4v) is 13.3. The second kappa shape index (κ2) is 30.1. The molecule has 0 atom stereocenters. The Hall–Kier alpha value is -0.880. The number of aliphatic hydroxyl groups is 2. The van der Waals surface area contributed by atoms with Crippen LogP contribution in [0.4, 0.5) is 0 Å². The lowest BCUT2D eigenvalue weighted by Gasteiger charge is -2.80. The van der Waals surface area contributed by atoms with E-state index >= 15 is 0 Å². The minimum atomic E-state index is -3.06. The number of rotatable bonds is 42. The highest BCUT2D eigenvalue weighted by molar-refractivity contribution is 5.42. The first kappa shape index (κ1) is 72.2. The monoisotopic (exact) mass is 1120 g/mol. The minimum absolute atomic E-state index is 0.207. The average Bonchev–Trinajstić information content (AvgIpc) is 3.37. The predicted octanol–water partition coefficient (Wildman–Crippen LogP) is 7.20. The molecule has 2 aliphatic carbocycles. The molecule has 77 heavy (non-hydrogen) atoms. The van der Waals surface area contributed by atoms with Gasteiger partial charge in [0, 0.05) is 138 Å². The third kappa shape index (κ3) is 9.55. The lowest BCUT2D eigenvalue weighted by molar-refractivity contribution is -0.673. The molecule has 0 aromatic rings. The van der Waals surface area contributed by atoms with Crippen molar-refractivity contribution in [3.05, 3.63) is 0 Å². The summed E-state index contributed by atoms with van der Waals surface area (Å²) in [7, 11) is 0. The fourth-order valence-electron chi connectivity index (χ4n) is 13.3. The van der Waals surface area contributed by atoms with Crippen LogP contribution in [0.1, 0.15) is 152 Å². The molecule has 0 aromatic heterocycles. The van der Waals surface area contributed by atoms with Crippen molar-refractivity contribution in [3.8, 4) is 0 Å². The van der Waals surface area contributed by atoms with E-state index in [4.69, 9.17) is 94.7 Å². The predicted molar refractivity (Wildman–Crippen MR) is 284 cm³/mol. The van der Waals surface area contributed by atoms with Gasteiger partial charge in [0.1, 0.15) is 0 Å². The molecule has 0 radical (unpaired) electrons. The Balaban J connectivity index is 4.58. The van der Waals surface area contributed by atoms with Crippen molar-refractivity contribution in [1.82, 2.24) is 0 Å². The van der Waals surface area contributed by atoms with E-state index < -0.39 is 74.5 Å². The zero-order chi connectivity index (χ0) is 58.8. The summed E-state index contributed by atoms with van der Waals surface area (Å²) in [6.07, 6.45) is 0. The van der Waals surface area contributed by atoms with Gasteiger partial charge >= 0.3 is 0 Å². The van der Waals surface area contributed by atoms with Crippen LogP contribution in [0.3, 0.4) is 0 Å². The van der Waals surface area contributed by atoms with E-state index in [0.29, 0.717) is 0 Å². The van der Waals surface area contributed by atoms with Gasteiger partial charge in [-0.1, -0.05) is 13.8 Å². The van der Waals surface area contributed by atoms with Crippen molar-refractivity contribution in [2.75, 3.05) is 132 Å². The van der Waals surface area contributed by atoms with Crippen LogP contribution in [-0.4, -0.2) is 211 Å². The highest BCUT2D eigenvalue weighted by Gasteiger charge is 3.06. The van der Waals surface area contributed by atoms with Gasteiger partial charge in [-0.3, -0.25) is 0 Å². The van der Waals surface area contributed by atoms with Crippen molar-refractivity contribution >= 4 is 0 Å². The smallest absolute Gasteiger partial charge is 0.289 e. The summed E-state index contributed by atoms with van der Waals surface area (Å²) in [4.78, 5) is 0. The van der Waals surface area contributed by atoms with Gasteiger partial charge in [-0.15, -0.1) is 0 Å². The van der Waals surface area contributed by atoms with E-state index in [9.17, 15) is 10.2 Å². The molecule has 0 saturated heterocycles. The third-order valence-electron chi connectivity index (χ3n) is 14.1. The average molecular weight is 1120 g/mol. The summed E-state index contributed by atoms with van der Waals surface area (Å²) < 4.78 is 146. The zero-order valence-electron chi connectivity index (χ0n) is 51.7. The molecule has 0 unspecified atom stereocenters. The molecule has 22 heteroatoms. The van der Waals surface area contributed by atoms with Gasteiger partial charge in [0.15, 0.2) is 11.2 Å². The summed E-state index contributed by atoms with van der Waals surface area (Å²) >= 11 is 0. The molecular formula is C55H108O22. The van der Waals surface area contributed by atoms with Crippen molar-refractivity contribution in [2.45, 2.75) is 221 Å². The Labute approximate surface area is 462 Å². The number of hydrogen-bond donors (Lipinski definition) is 2. The molecule has 0 heterocycles. The quantitative estimate of drug-likeness (QED) is 0.0577. The van der Waals surface area contributed by atoms with E-state index in [1.54, 1.807) is 152 Å². The Morgan fingerprint density at radius 2 is 0.312 bits per heavy atom. The van der Waals surface area contributed by atoms with Crippen LogP contribution in [0.5, 0.6) is 0 Å². The molecule has 0 amide bonds. The first-order chi connectivity index (χ1) is 36.7. The Bertz CT molecular complexity index is 1410. The Morgan fingerprint density at radius 3 is 0.429 bits per heavy atom. The summed E-state index contributed by atoms with van der Waals surface area (Å²) in [6.45, 7) is 33.3. The molecular weight excluding hydrogens is 1010 g/mol. The van der Waals surface area contributed by atoms with Gasteiger partial charge in [0.2, 0.25) is 0 Å². The molecule has 22 nitrogen and oxygen atoms in total. The lowest BCUT2D eigenvalue weighted by atomic mass is 9.43. The highest BCUT2D eigenvalue weighted by atomic mass is 16.9. The topological polar surface area (TPSA) is 225 Å². The first-order valence-electron chi connectivity index (χ1n) is 28.9. The van der Waals surface area contributed by atoms with E-state index in [-0.39, 0.29) is 132 Å². The molecule has 2 aliphatic rings. The molecule has 0 spiro atoms. The maximum atomic E-state index is 14.7. The van der Waals surface area contributed by atoms with Crippen LogP contribution >= 0.6 is 0 Å². The third-order valence-corrected chi connectivity index (χ3v) is 14.1. The Kier molecular flexibility index (Phi) is 28.2. The lowest BCUT2D eigenvalue weighted by Crippen LogP contribution is -3.06. The molecule has 0 bridgehead atoms. The fraction of sp³-hybridized carbons (Fsp3) is 1.00. The van der Waals surface area contributed by atoms with Gasteiger partial charge < -0.3 is 105 Å². The first-order valence-corrected chi connectivity index (χ1v) is 28.9. The van der Waals surface area contributed by atoms with E-state index in [2.05, 4.69) is 0 Å². The van der Waals surface area contributed by atoms with Crippen LogP contribution in [-0.2, 0) is 94.7 Å². The van der Waals surface area contributed by atoms with E-state index in [1.165, 1.54) is 0 Å². The highest BCUT2D eigenvalue weighted by Crippen LogP contribution is 2.78. The number of hydrogen-bond acceptors (Lipinski definition) is 22. The molecule has 460 valence electrons. The molecule has 0 aromatic carbocycles. The largest absolute Gasteiger partial charge is 0.363 e. The van der Waals surface area contributed by atoms with Crippen molar-refractivity contribution in [1.29, 1.82) is 0 Å². The van der Waals surface area contributed by atoms with Crippen LogP contribution < -0.4 is 0 Å². The van der Waals surface area contributed by atoms with Gasteiger partial charge in [-0.2, -0.15) is 0 Å². The van der Waals surface area contributed by atoms with Gasteiger partial charge in [-0.05, 0) is 138 Å². The van der Waals surface area contributed by atoms with Crippen LogP contribution in [0.25, 0.3) is 0 Å². The van der Waals surface area contributed by atoms with Crippen molar-refractivity contribution in [3.63, 3.8) is 0 Å². The summed E-state index contributed by atoms with van der Waals surface area (Å²) in [5.41, 5.74) is -8.04. The van der Waals surface area contributed by atoms with Crippen LogP contribution in [0.15, 0.2) is 0 Å². The SMILES string of the molecule is CCOC1(O)C(OCC)(OCC)C(OCC)(OCC)C(OCC)(C(C)(C)C2(OCC)C(OCC)(OCC)C(OCC)(OCC)C(O)(OCC)C(OCC)(OCC)C2(OCC)OCC)C(OCC)(OCC)C1(OCC)OCC. The Morgan fingerprint density at radius 1 is 0.195 bits per heavy atom. The molecule has 2 fully saturated rings. The molecule has 2 saturated carbocycles. The second-order valence-electron chi connectivity index (χ2n) is 17.9. The standard InChI is InChI=1S/C55H108O22/c1-23-58-44(48(62-27-5,63-28-6)52(70-35-13,71-36-14)46(56,60-25-3)53(72-37-15,73-38-16)49(44,64-29-7)65-30-8)43(21,22)45(59-24-2)50(66-31-9,67-32-10)54(74-39-17,75-40-18)47(57,61-26-4)55(76-41-19,77-42-20)51(45,68-33-11)69-34-12/h56-57H,23-42H2,1-22H3. The summed E-state index contributed by atoms with van der Waals surface area (Å²) in [5.74, 6) is -28.8. The molecule has 2 N–H and O–H groups in total. The minimum Gasteiger partial charge on any atom is -0.363 e. The maximum Gasteiger partial charge on any atom is 0.289 e.